The lowest BCUT2D eigenvalue weighted by Crippen LogP contribution is -2.34. The Kier molecular flexibility index (Phi) is 6.99. The highest BCUT2D eigenvalue weighted by Gasteiger charge is 2.14. The van der Waals surface area contributed by atoms with Crippen molar-refractivity contribution in [2.75, 3.05) is 0 Å². The first-order chi connectivity index (χ1) is 18.2. The number of H-pyrrole nitrogens is 1. The van der Waals surface area contributed by atoms with E-state index in [9.17, 15) is 14.7 Å². The monoisotopic (exact) mass is 563 g/mol. The minimum absolute atomic E-state index is 0.00990. The third-order valence-electron chi connectivity index (χ3n) is 5.92. The Labute approximate surface area is 231 Å². The highest BCUT2D eigenvalue weighted by molar-refractivity contribution is 6.35. The molecule has 0 fully saturated rings. The van der Waals surface area contributed by atoms with Crippen LogP contribution >= 0.6 is 34.8 Å². The number of rotatable bonds is 6. The van der Waals surface area contributed by atoms with Crippen molar-refractivity contribution in [1.29, 1.82) is 0 Å². The quantitative estimate of drug-likeness (QED) is 0.341. The number of aromatic nitrogens is 4. The average Bonchev–Trinajstić information content (AvgIpc) is 3.42. The first kappa shape index (κ1) is 25.6. The smallest absolute Gasteiger partial charge is 0.279 e. The molecule has 0 spiro atoms. The van der Waals surface area contributed by atoms with Crippen molar-refractivity contribution in [2.45, 2.75) is 6.54 Å². The number of benzene rings is 3. The molecule has 10 heteroatoms. The van der Waals surface area contributed by atoms with Gasteiger partial charge in [0, 0.05) is 38.0 Å². The summed E-state index contributed by atoms with van der Waals surface area (Å²) in [5, 5.41) is 20.8. The van der Waals surface area contributed by atoms with E-state index < -0.39 is 11.5 Å². The molecule has 5 aromatic rings. The Bertz CT molecular complexity index is 1860. The molecule has 0 aliphatic rings. The second-order valence-corrected chi connectivity index (χ2v) is 9.72. The predicted octanol–water partition coefficient (Wildman–Crippen LogP) is 3.64. The van der Waals surface area contributed by atoms with Crippen LogP contribution in [0.15, 0.2) is 77.7 Å². The van der Waals surface area contributed by atoms with Crippen molar-refractivity contribution in [2.24, 2.45) is 0 Å². The first-order valence-corrected chi connectivity index (χ1v) is 12.4. The van der Waals surface area contributed by atoms with Crippen LogP contribution in [-0.4, -0.2) is 25.5 Å². The summed E-state index contributed by atoms with van der Waals surface area (Å²) in [7, 11) is 0. The lowest BCUT2D eigenvalue weighted by atomic mass is 10.1. The zero-order valence-corrected chi connectivity index (χ0v) is 21.9. The molecule has 0 aliphatic heterocycles. The minimum atomic E-state index is -1.45. The van der Waals surface area contributed by atoms with Gasteiger partial charge in [-0.3, -0.25) is 14.6 Å². The van der Waals surface area contributed by atoms with E-state index in [0.29, 0.717) is 33.2 Å². The molecule has 2 heterocycles. The van der Waals surface area contributed by atoms with Crippen LogP contribution in [0.5, 0.6) is 0 Å². The van der Waals surface area contributed by atoms with Gasteiger partial charge in [-0.25, -0.2) is 4.68 Å². The van der Waals surface area contributed by atoms with Gasteiger partial charge in [0.2, 0.25) is 0 Å². The number of carboxylic acid groups (broad SMARTS) is 1. The maximum Gasteiger partial charge on any atom is 0.279 e. The number of halogens is 3. The summed E-state index contributed by atoms with van der Waals surface area (Å²) in [6, 6.07) is 19.0. The van der Waals surface area contributed by atoms with Crippen molar-refractivity contribution < 1.29 is 9.90 Å². The second-order valence-electron chi connectivity index (χ2n) is 8.47. The van der Waals surface area contributed by atoms with Crippen LogP contribution in [0.4, 0.5) is 0 Å². The Balaban J connectivity index is 1.64. The molecule has 0 radical (unpaired) electrons. The van der Waals surface area contributed by atoms with E-state index in [1.165, 1.54) is 22.9 Å². The van der Waals surface area contributed by atoms with E-state index in [0.717, 1.165) is 11.1 Å². The van der Waals surface area contributed by atoms with Crippen molar-refractivity contribution in [3.05, 3.63) is 126 Å². The molecule has 0 amide bonds. The molecule has 2 aromatic heterocycles. The molecule has 3 aromatic carbocycles. The van der Waals surface area contributed by atoms with Crippen LogP contribution in [0.2, 0.25) is 15.1 Å². The molecule has 190 valence electrons. The van der Waals surface area contributed by atoms with E-state index in [1.54, 1.807) is 22.9 Å². The number of aromatic amines is 1. The van der Waals surface area contributed by atoms with Crippen LogP contribution in [0.3, 0.4) is 0 Å². The molecule has 0 aliphatic carbocycles. The van der Waals surface area contributed by atoms with Gasteiger partial charge in [-0.1, -0.05) is 77.8 Å². The molecule has 0 saturated heterocycles. The number of carbonyl (C=O) groups excluding carboxylic acids is 1. The van der Waals surface area contributed by atoms with Gasteiger partial charge in [-0.15, -0.1) is 0 Å². The number of hydrogen-bond acceptors (Lipinski definition) is 4. The molecule has 0 unspecified atom stereocenters. The summed E-state index contributed by atoms with van der Waals surface area (Å²) in [5.41, 5.74) is 2.66. The van der Waals surface area contributed by atoms with Crippen LogP contribution in [-0.2, 0) is 6.54 Å². The fraction of sp³-hybridized carbons (Fsp3) is 0.0357. The molecule has 0 atom stereocenters. The third kappa shape index (κ3) is 5.04. The van der Waals surface area contributed by atoms with Crippen molar-refractivity contribution >= 4 is 53.4 Å². The molecule has 38 heavy (non-hydrogen) atoms. The van der Waals surface area contributed by atoms with Gasteiger partial charge in [0.05, 0.1) is 34.5 Å². The van der Waals surface area contributed by atoms with Gasteiger partial charge in [0.25, 0.3) is 5.56 Å². The van der Waals surface area contributed by atoms with Gasteiger partial charge in [0.15, 0.2) is 0 Å². The molecule has 1 N–H and O–H groups in total. The second kappa shape index (κ2) is 10.4. The SMILES string of the molecule is C=c1[nH]n(-c2ccc(Cl)c(C(=O)[O-])c2)c(=O)c1=Cc1cn(Cc2ccc(Cl)cc2Cl)nc1-c1ccccc1. The fourth-order valence-corrected chi connectivity index (χ4v) is 4.72. The van der Waals surface area contributed by atoms with E-state index in [1.807, 2.05) is 42.6 Å². The average molecular weight is 565 g/mol. The van der Waals surface area contributed by atoms with Gasteiger partial charge >= 0.3 is 0 Å². The summed E-state index contributed by atoms with van der Waals surface area (Å²) in [6.07, 6.45) is 3.52. The number of nitrogens with zero attached hydrogens (tertiary/aromatic N) is 3. The summed E-state index contributed by atoms with van der Waals surface area (Å²) < 4.78 is 2.94. The largest absolute Gasteiger partial charge is 0.545 e. The Morgan fingerprint density at radius 2 is 1.79 bits per heavy atom. The highest BCUT2D eigenvalue weighted by atomic mass is 35.5. The van der Waals surface area contributed by atoms with E-state index >= 15 is 0 Å². The highest BCUT2D eigenvalue weighted by Crippen LogP contribution is 2.25. The zero-order chi connectivity index (χ0) is 27.0. The standard InChI is InChI=1S/C28H19Cl3N4O3/c1-16-22(27(36)35(32-16)21-9-10-24(30)23(13-21)28(37)38)11-19-15-34(14-18-7-8-20(29)12-25(18)31)33-26(19)17-5-3-2-4-6-17/h2-13,15,32H,1,14H2,(H,37,38)/p-1. The lowest BCUT2D eigenvalue weighted by Gasteiger charge is -2.08. The molecular weight excluding hydrogens is 547 g/mol. The maximum absolute atomic E-state index is 13.4. The topological polar surface area (TPSA) is 95.7 Å². The van der Waals surface area contributed by atoms with E-state index in [-0.39, 0.29) is 21.5 Å². The molecular formula is C28H18Cl3N4O3-. The zero-order valence-electron chi connectivity index (χ0n) is 19.6. The van der Waals surface area contributed by atoms with Crippen molar-refractivity contribution in [3.63, 3.8) is 0 Å². The normalized spacial score (nSPS) is 11.7. The molecule has 0 bridgehead atoms. The number of carboxylic acids is 1. The summed E-state index contributed by atoms with van der Waals surface area (Å²) in [6.45, 7) is 4.36. The van der Waals surface area contributed by atoms with Crippen LogP contribution < -0.4 is 21.2 Å². The van der Waals surface area contributed by atoms with Crippen LogP contribution in [0.1, 0.15) is 21.5 Å². The van der Waals surface area contributed by atoms with Crippen LogP contribution in [0, 0.1) is 0 Å². The van der Waals surface area contributed by atoms with E-state index in [4.69, 9.17) is 39.9 Å². The Hall–Kier alpha value is -4.04. The van der Waals surface area contributed by atoms with Crippen molar-refractivity contribution in [3.8, 4) is 16.9 Å². The summed E-state index contributed by atoms with van der Waals surface area (Å²) in [5.74, 6) is -1.45. The molecule has 7 nitrogen and oxygen atoms in total. The predicted molar refractivity (Wildman–Crippen MR) is 147 cm³/mol. The lowest BCUT2D eigenvalue weighted by molar-refractivity contribution is -0.255. The summed E-state index contributed by atoms with van der Waals surface area (Å²) >= 11 is 18.4. The number of nitrogens with one attached hydrogen (secondary N) is 1. The number of aromatic carboxylic acids is 1. The van der Waals surface area contributed by atoms with Gasteiger partial charge < -0.3 is 9.90 Å². The van der Waals surface area contributed by atoms with Crippen LogP contribution in [0.25, 0.3) is 29.6 Å². The van der Waals surface area contributed by atoms with E-state index in [2.05, 4.69) is 11.7 Å². The fourth-order valence-electron chi connectivity index (χ4n) is 4.06. The Morgan fingerprint density at radius 1 is 1.03 bits per heavy atom. The maximum atomic E-state index is 13.4. The van der Waals surface area contributed by atoms with Crippen molar-refractivity contribution in [1.82, 2.24) is 19.6 Å². The molecule has 5 rings (SSSR count). The van der Waals surface area contributed by atoms with Gasteiger partial charge in [-0.05, 0) is 42.0 Å². The minimum Gasteiger partial charge on any atom is -0.545 e. The van der Waals surface area contributed by atoms with Gasteiger partial charge in [0.1, 0.15) is 0 Å². The Morgan fingerprint density at radius 3 is 2.50 bits per heavy atom. The third-order valence-corrected chi connectivity index (χ3v) is 6.83. The number of carbonyl (C=O) groups is 1. The summed E-state index contributed by atoms with van der Waals surface area (Å²) in [4.78, 5) is 24.8. The number of hydrogen-bond donors (Lipinski definition) is 1. The molecule has 0 saturated carbocycles. The van der Waals surface area contributed by atoms with Gasteiger partial charge in [-0.2, -0.15) is 5.10 Å². The first-order valence-electron chi connectivity index (χ1n) is 11.3.